The highest BCUT2D eigenvalue weighted by atomic mass is 35.5. The van der Waals surface area contributed by atoms with Crippen molar-refractivity contribution in [3.05, 3.63) is 5.15 Å². The summed E-state index contributed by atoms with van der Waals surface area (Å²) in [5, 5.41) is 7.53. The lowest BCUT2D eigenvalue weighted by molar-refractivity contribution is 0.122. The predicted molar refractivity (Wildman–Crippen MR) is 55.4 cm³/mol. The van der Waals surface area contributed by atoms with Crippen molar-refractivity contribution in [3.8, 4) is 0 Å². The van der Waals surface area contributed by atoms with Crippen molar-refractivity contribution in [2.45, 2.75) is 0 Å². The number of nitrogens with zero attached hydrogens (tertiary/aromatic N) is 5. The number of fused-ring (bicyclic) bond motifs is 1. The standard InChI is InChI=1S/C8H8ClN5O2/c9-5-8(14-1-3-15-4-2-14)11-7-6(10-5)12-16-13-7/h1-4H2. The zero-order valence-electron chi connectivity index (χ0n) is 8.26. The molecule has 0 bridgehead atoms. The molecule has 0 unspecified atom stereocenters. The minimum absolute atomic E-state index is 0.310. The van der Waals surface area contributed by atoms with Crippen LogP contribution in [0.4, 0.5) is 5.82 Å². The minimum atomic E-state index is 0.310. The second kappa shape index (κ2) is 3.84. The third-order valence-corrected chi connectivity index (χ3v) is 2.62. The van der Waals surface area contributed by atoms with E-state index in [-0.39, 0.29) is 0 Å². The number of halogens is 1. The van der Waals surface area contributed by atoms with Crippen LogP contribution in [-0.4, -0.2) is 46.6 Å². The average Bonchev–Trinajstić information content (AvgIpc) is 2.76. The monoisotopic (exact) mass is 241 g/mol. The second-order valence-corrected chi connectivity index (χ2v) is 3.71. The van der Waals surface area contributed by atoms with Crippen LogP contribution in [-0.2, 0) is 4.74 Å². The molecule has 1 fully saturated rings. The summed E-state index contributed by atoms with van der Waals surface area (Å²) in [6.07, 6.45) is 0. The van der Waals surface area contributed by atoms with E-state index in [0.717, 1.165) is 13.1 Å². The Morgan fingerprint density at radius 1 is 1.06 bits per heavy atom. The Bertz CT molecular complexity index is 510. The van der Waals surface area contributed by atoms with Crippen LogP contribution in [0.15, 0.2) is 4.63 Å². The number of ether oxygens (including phenoxy) is 1. The molecule has 0 amide bonds. The van der Waals surface area contributed by atoms with E-state index in [9.17, 15) is 0 Å². The van der Waals surface area contributed by atoms with E-state index >= 15 is 0 Å². The zero-order valence-corrected chi connectivity index (χ0v) is 9.01. The van der Waals surface area contributed by atoms with Gasteiger partial charge in [0.05, 0.1) is 13.2 Å². The van der Waals surface area contributed by atoms with Gasteiger partial charge in [0.25, 0.3) is 0 Å². The number of hydrogen-bond acceptors (Lipinski definition) is 7. The fourth-order valence-corrected chi connectivity index (χ4v) is 1.83. The van der Waals surface area contributed by atoms with Gasteiger partial charge >= 0.3 is 0 Å². The van der Waals surface area contributed by atoms with E-state index in [2.05, 4.69) is 24.9 Å². The maximum absolute atomic E-state index is 6.03. The van der Waals surface area contributed by atoms with Gasteiger partial charge in [0, 0.05) is 13.1 Å². The second-order valence-electron chi connectivity index (χ2n) is 3.35. The van der Waals surface area contributed by atoms with E-state index in [4.69, 9.17) is 16.3 Å². The lowest BCUT2D eigenvalue weighted by Gasteiger charge is -2.27. The van der Waals surface area contributed by atoms with Gasteiger partial charge in [0.2, 0.25) is 11.3 Å². The van der Waals surface area contributed by atoms with Crippen LogP contribution in [0.5, 0.6) is 0 Å². The highest BCUT2D eigenvalue weighted by molar-refractivity contribution is 6.32. The van der Waals surface area contributed by atoms with Gasteiger partial charge < -0.3 is 9.64 Å². The Kier molecular flexibility index (Phi) is 2.33. The first-order valence-electron chi connectivity index (χ1n) is 4.83. The Balaban J connectivity index is 2.03. The molecule has 0 N–H and O–H groups in total. The summed E-state index contributed by atoms with van der Waals surface area (Å²) >= 11 is 6.03. The quantitative estimate of drug-likeness (QED) is 0.720. The summed E-state index contributed by atoms with van der Waals surface area (Å²) in [6.45, 7) is 2.80. The van der Waals surface area contributed by atoms with Gasteiger partial charge in [-0.3, -0.25) is 0 Å². The number of anilines is 1. The Morgan fingerprint density at radius 3 is 2.50 bits per heavy atom. The van der Waals surface area contributed by atoms with Crippen LogP contribution in [0, 0.1) is 0 Å². The summed E-state index contributed by atoms with van der Waals surface area (Å²) < 4.78 is 9.79. The molecule has 0 spiro atoms. The SMILES string of the molecule is Clc1nc2nonc2nc1N1CCOCC1. The van der Waals surface area contributed by atoms with Crippen LogP contribution < -0.4 is 4.90 Å². The molecule has 0 saturated carbocycles. The molecule has 2 aromatic heterocycles. The molecule has 1 saturated heterocycles. The van der Waals surface area contributed by atoms with Gasteiger partial charge in [-0.2, -0.15) is 0 Å². The number of aromatic nitrogens is 4. The molecule has 3 rings (SSSR count). The molecule has 0 aliphatic carbocycles. The first-order valence-corrected chi connectivity index (χ1v) is 5.21. The molecule has 7 nitrogen and oxygen atoms in total. The minimum Gasteiger partial charge on any atom is -0.378 e. The smallest absolute Gasteiger partial charge is 0.245 e. The fraction of sp³-hybridized carbons (Fsp3) is 0.500. The van der Waals surface area contributed by atoms with Crippen LogP contribution in [0.2, 0.25) is 5.15 Å². The van der Waals surface area contributed by atoms with Gasteiger partial charge in [-0.25, -0.2) is 14.6 Å². The molecular weight excluding hydrogens is 234 g/mol. The van der Waals surface area contributed by atoms with E-state index in [1.54, 1.807) is 0 Å². The summed E-state index contributed by atoms with van der Waals surface area (Å²) in [5.41, 5.74) is 0.688. The van der Waals surface area contributed by atoms with Crippen molar-refractivity contribution < 1.29 is 9.37 Å². The van der Waals surface area contributed by atoms with Gasteiger partial charge in [0.15, 0.2) is 11.0 Å². The van der Waals surface area contributed by atoms with E-state index in [0.29, 0.717) is 35.5 Å². The number of hydrogen-bond donors (Lipinski definition) is 0. The van der Waals surface area contributed by atoms with Crippen molar-refractivity contribution in [2.24, 2.45) is 0 Å². The Labute approximate surface area is 95.3 Å². The highest BCUT2D eigenvalue weighted by Crippen LogP contribution is 2.23. The molecule has 0 aromatic carbocycles. The predicted octanol–water partition coefficient (Wildman–Crippen LogP) is 0.503. The molecule has 8 heteroatoms. The fourth-order valence-electron chi connectivity index (χ4n) is 1.59. The Morgan fingerprint density at radius 2 is 1.75 bits per heavy atom. The molecule has 84 valence electrons. The first kappa shape index (κ1) is 9.73. The Hall–Kier alpha value is -1.47. The van der Waals surface area contributed by atoms with Gasteiger partial charge in [-0.15, -0.1) is 0 Å². The number of morpholine rings is 1. The maximum atomic E-state index is 6.03. The molecule has 1 aliphatic heterocycles. The topological polar surface area (TPSA) is 77.2 Å². The summed E-state index contributed by atoms with van der Waals surface area (Å²) in [5.74, 6) is 0.605. The van der Waals surface area contributed by atoms with Crippen molar-refractivity contribution in [1.29, 1.82) is 0 Å². The summed E-state index contributed by atoms with van der Waals surface area (Å²) in [4.78, 5) is 10.3. The van der Waals surface area contributed by atoms with Crippen molar-refractivity contribution in [3.63, 3.8) is 0 Å². The van der Waals surface area contributed by atoms with Crippen molar-refractivity contribution in [2.75, 3.05) is 31.2 Å². The average molecular weight is 242 g/mol. The van der Waals surface area contributed by atoms with Crippen molar-refractivity contribution >= 4 is 28.7 Å². The zero-order chi connectivity index (χ0) is 11.0. The van der Waals surface area contributed by atoms with Crippen LogP contribution in [0.25, 0.3) is 11.3 Å². The van der Waals surface area contributed by atoms with Crippen LogP contribution in [0.1, 0.15) is 0 Å². The van der Waals surface area contributed by atoms with Gasteiger partial charge in [0.1, 0.15) is 0 Å². The first-order chi connectivity index (χ1) is 7.84. The third kappa shape index (κ3) is 1.57. The molecule has 3 heterocycles. The van der Waals surface area contributed by atoms with Gasteiger partial charge in [-0.1, -0.05) is 11.6 Å². The van der Waals surface area contributed by atoms with Crippen molar-refractivity contribution in [1.82, 2.24) is 20.3 Å². The maximum Gasteiger partial charge on any atom is 0.245 e. The third-order valence-electron chi connectivity index (χ3n) is 2.37. The van der Waals surface area contributed by atoms with E-state index < -0.39 is 0 Å². The molecule has 16 heavy (non-hydrogen) atoms. The van der Waals surface area contributed by atoms with Gasteiger partial charge in [-0.05, 0) is 10.3 Å². The summed E-state index contributed by atoms with van der Waals surface area (Å²) in [7, 11) is 0. The molecular formula is C8H8ClN5O2. The molecule has 0 atom stereocenters. The van der Waals surface area contributed by atoms with E-state index in [1.165, 1.54) is 0 Å². The van der Waals surface area contributed by atoms with E-state index in [1.807, 2.05) is 4.90 Å². The summed E-state index contributed by atoms with van der Waals surface area (Å²) in [6, 6.07) is 0. The molecule has 1 aliphatic rings. The van der Waals surface area contributed by atoms with Crippen LogP contribution in [0.3, 0.4) is 0 Å². The lowest BCUT2D eigenvalue weighted by Crippen LogP contribution is -2.37. The largest absolute Gasteiger partial charge is 0.378 e. The highest BCUT2D eigenvalue weighted by Gasteiger charge is 2.18. The number of rotatable bonds is 1. The van der Waals surface area contributed by atoms with Crippen LogP contribution >= 0.6 is 11.6 Å². The normalized spacial score (nSPS) is 16.9. The molecule has 2 aromatic rings. The lowest BCUT2D eigenvalue weighted by atomic mass is 10.4. The molecule has 0 radical (unpaired) electrons.